The van der Waals surface area contributed by atoms with Crippen molar-refractivity contribution in [2.45, 2.75) is 46.5 Å². The second-order valence-corrected chi connectivity index (χ2v) is 10.7. The first-order valence-electron chi connectivity index (χ1n) is 9.92. The van der Waals surface area contributed by atoms with E-state index < -0.39 is 5.92 Å². The van der Waals surface area contributed by atoms with Crippen LogP contribution in [0.25, 0.3) is 0 Å². The fraction of sp³-hybridized carbons (Fsp3) is 0.333. The molecule has 2 aliphatic rings. The molecule has 2 aromatic rings. The summed E-state index contributed by atoms with van der Waals surface area (Å²) in [5, 5.41) is 10.7. The van der Waals surface area contributed by atoms with E-state index in [0.717, 1.165) is 21.0 Å². The molecule has 4 nitrogen and oxygen atoms in total. The number of benzene rings is 1. The molecule has 0 spiro atoms. The van der Waals surface area contributed by atoms with Crippen LogP contribution in [0.15, 0.2) is 53.0 Å². The zero-order valence-electron chi connectivity index (χ0n) is 17.5. The third kappa shape index (κ3) is 3.25. The molecule has 1 aromatic carbocycles. The predicted molar refractivity (Wildman–Crippen MR) is 122 cm³/mol. The van der Waals surface area contributed by atoms with Gasteiger partial charge in [0.15, 0.2) is 5.78 Å². The van der Waals surface area contributed by atoms with Gasteiger partial charge in [0.05, 0.1) is 28.3 Å². The minimum Gasteiger partial charge on any atom is -0.384 e. The first-order chi connectivity index (χ1) is 14.1. The summed E-state index contributed by atoms with van der Waals surface area (Å²) in [5.74, 6) is -0.00722. The molecule has 2 N–H and O–H groups in total. The number of rotatable bonds is 2. The molecule has 0 fully saturated rings. The highest BCUT2D eigenvalue weighted by atomic mass is 35.5. The van der Waals surface area contributed by atoms with Crippen LogP contribution < -0.4 is 10.6 Å². The summed E-state index contributed by atoms with van der Waals surface area (Å²) >= 11 is 8.20. The highest BCUT2D eigenvalue weighted by Crippen LogP contribution is 2.51. The number of ketones is 1. The monoisotopic (exact) mass is 437 g/mol. The van der Waals surface area contributed by atoms with Crippen molar-refractivity contribution in [3.05, 3.63) is 73.3 Å². The number of halogens is 1. The summed E-state index contributed by atoms with van der Waals surface area (Å²) in [5.41, 5.74) is 10.1. The molecule has 0 saturated heterocycles. The maximum Gasteiger partial charge on any atom is 0.162 e. The number of carbonyl (C=O) groups excluding carboxylic acids is 1. The Morgan fingerprint density at radius 3 is 2.57 bits per heavy atom. The summed E-state index contributed by atoms with van der Waals surface area (Å²) in [6.45, 7) is 8.26. The van der Waals surface area contributed by atoms with Gasteiger partial charge in [-0.25, -0.2) is 0 Å². The molecule has 1 aromatic heterocycles. The van der Waals surface area contributed by atoms with Crippen molar-refractivity contribution in [2.75, 3.05) is 4.90 Å². The first kappa shape index (κ1) is 20.7. The van der Waals surface area contributed by atoms with Crippen molar-refractivity contribution in [1.29, 1.82) is 5.26 Å². The maximum absolute atomic E-state index is 13.5. The number of Topliss-reactive ketones (excluding diaryl/α,β-unsaturated/α-hetero) is 1. The first-order valence-corrected chi connectivity index (χ1v) is 11.1. The SMILES string of the molecule is Cc1cc(C2C(C#N)=C(N)N(c3ccccc3Cl)C3=C2C(=O)CC(C)(C)C3)c(C)s1. The maximum atomic E-state index is 13.5. The van der Waals surface area contributed by atoms with E-state index in [9.17, 15) is 10.1 Å². The largest absolute Gasteiger partial charge is 0.384 e. The van der Waals surface area contributed by atoms with Gasteiger partial charge in [0.1, 0.15) is 5.82 Å². The third-order valence-corrected chi connectivity index (χ3v) is 7.17. The Hall–Kier alpha value is -2.55. The van der Waals surface area contributed by atoms with Gasteiger partial charge in [-0.3, -0.25) is 9.69 Å². The average molecular weight is 438 g/mol. The molecule has 0 amide bonds. The number of para-hydroxylation sites is 1. The Labute approximate surface area is 186 Å². The van der Waals surface area contributed by atoms with Crippen molar-refractivity contribution in [3.8, 4) is 6.07 Å². The van der Waals surface area contributed by atoms with Crippen molar-refractivity contribution in [2.24, 2.45) is 11.1 Å². The van der Waals surface area contributed by atoms with Crippen LogP contribution in [0.1, 0.15) is 47.9 Å². The normalized spacial score (nSPS) is 21.0. The minimum atomic E-state index is -0.433. The Morgan fingerprint density at radius 2 is 1.97 bits per heavy atom. The Morgan fingerprint density at radius 1 is 1.27 bits per heavy atom. The van der Waals surface area contributed by atoms with Crippen LogP contribution in [-0.4, -0.2) is 5.78 Å². The molecule has 6 heteroatoms. The summed E-state index contributed by atoms with van der Waals surface area (Å²) in [4.78, 5) is 17.6. The zero-order valence-corrected chi connectivity index (χ0v) is 19.1. The minimum absolute atomic E-state index is 0.0757. The molecule has 2 heterocycles. The van der Waals surface area contributed by atoms with E-state index in [1.807, 2.05) is 36.9 Å². The van der Waals surface area contributed by atoms with Gasteiger partial charge in [-0.2, -0.15) is 5.26 Å². The molecule has 30 heavy (non-hydrogen) atoms. The predicted octanol–water partition coefficient (Wildman–Crippen LogP) is 5.96. The number of nitrogens with two attached hydrogens (primary N) is 1. The van der Waals surface area contributed by atoms with E-state index in [0.29, 0.717) is 40.5 Å². The quantitative estimate of drug-likeness (QED) is 0.629. The van der Waals surface area contributed by atoms with Gasteiger partial charge in [-0.1, -0.05) is 37.6 Å². The topological polar surface area (TPSA) is 70.1 Å². The molecule has 1 atom stereocenters. The van der Waals surface area contributed by atoms with E-state index >= 15 is 0 Å². The number of thiophene rings is 1. The molecule has 1 unspecified atom stereocenters. The average Bonchev–Trinajstić information content (AvgIpc) is 2.99. The van der Waals surface area contributed by atoms with Gasteiger partial charge in [-0.15, -0.1) is 11.3 Å². The highest BCUT2D eigenvalue weighted by molar-refractivity contribution is 7.12. The Bertz CT molecular complexity index is 1170. The van der Waals surface area contributed by atoms with E-state index in [2.05, 4.69) is 26.0 Å². The van der Waals surface area contributed by atoms with E-state index in [-0.39, 0.29) is 11.2 Å². The summed E-state index contributed by atoms with van der Waals surface area (Å²) < 4.78 is 0. The number of allylic oxidation sites excluding steroid dienone is 3. The zero-order chi connectivity index (χ0) is 21.8. The smallest absolute Gasteiger partial charge is 0.162 e. The number of anilines is 1. The van der Waals surface area contributed by atoms with Gasteiger partial charge < -0.3 is 5.73 Å². The molecular weight excluding hydrogens is 414 g/mol. The second kappa shape index (κ2) is 7.30. The molecule has 1 aliphatic heterocycles. The van der Waals surface area contributed by atoms with Gasteiger partial charge in [0.2, 0.25) is 0 Å². The van der Waals surface area contributed by atoms with Crippen LogP contribution in [-0.2, 0) is 4.79 Å². The number of hydrogen-bond acceptors (Lipinski definition) is 5. The number of hydrogen-bond donors (Lipinski definition) is 1. The van der Waals surface area contributed by atoms with Crippen LogP contribution in [0.2, 0.25) is 5.02 Å². The lowest BCUT2D eigenvalue weighted by Crippen LogP contribution is -2.42. The van der Waals surface area contributed by atoms with Gasteiger partial charge >= 0.3 is 0 Å². The summed E-state index contributed by atoms with van der Waals surface area (Å²) in [7, 11) is 0. The van der Waals surface area contributed by atoms with E-state index in [4.69, 9.17) is 17.3 Å². The molecule has 154 valence electrons. The lowest BCUT2D eigenvalue weighted by molar-refractivity contribution is -0.118. The lowest BCUT2D eigenvalue weighted by Gasteiger charge is -2.44. The third-order valence-electron chi connectivity index (χ3n) is 5.86. The molecule has 4 rings (SSSR count). The second-order valence-electron chi connectivity index (χ2n) is 8.80. The van der Waals surface area contributed by atoms with Gasteiger partial charge in [0.25, 0.3) is 0 Å². The number of carbonyl (C=O) groups is 1. The number of nitriles is 1. The van der Waals surface area contributed by atoms with Crippen LogP contribution >= 0.6 is 22.9 Å². The fourth-order valence-electron chi connectivity index (χ4n) is 4.67. The molecule has 0 radical (unpaired) electrons. The number of nitrogens with zero attached hydrogens (tertiary/aromatic N) is 2. The van der Waals surface area contributed by atoms with Crippen molar-refractivity contribution in [3.63, 3.8) is 0 Å². The fourth-order valence-corrected chi connectivity index (χ4v) is 5.85. The number of aryl methyl sites for hydroxylation is 2. The van der Waals surface area contributed by atoms with Crippen molar-refractivity contribution >= 4 is 34.4 Å². The van der Waals surface area contributed by atoms with Gasteiger partial charge in [0, 0.05) is 27.4 Å². The van der Waals surface area contributed by atoms with Crippen molar-refractivity contribution in [1.82, 2.24) is 0 Å². The van der Waals surface area contributed by atoms with E-state index in [1.165, 1.54) is 0 Å². The van der Waals surface area contributed by atoms with Crippen LogP contribution in [0.4, 0.5) is 5.69 Å². The molecular formula is C24H24ClN3OS. The Kier molecular flexibility index (Phi) is 5.04. The van der Waals surface area contributed by atoms with Crippen LogP contribution in [0.5, 0.6) is 0 Å². The van der Waals surface area contributed by atoms with E-state index in [1.54, 1.807) is 17.4 Å². The molecule has 0 saturated carbocycles. The molecule has 1 aliphatic carbocycles. The summed E-state index contributed by atoms with van der Waals surface area (Å²) in [6, 6.07) is 11.8. The summed E-state index contributed by atoms with van der Waals surface area (Å²) in [6.07, 6.45) is 1.12. The van der Waals surface area contributed by atoms with Crippen LogP contribution in [0, 0.1) is 30.6 Å². The van der Waals surface area contributed by atoms with Crippen molar-refractivity contribution < 1.29 is 4.79 Å². The Balaban J connectivity index is 2.04. The van der Waals surface area contributed by atoms with Crippen LogP contribution in [0.3, 0.4) is 0 Å². The lowest BCUT2D eigenvalue weighted by atomic mass is 9.68. The standard InChI is InChI=1S/C24H24ClN3OS/c1-13-9-15(14(2)30-13)21-16(12-26)23(27)28(18-8-6-5-7-17(18)25)19-10-24(3,4)11-20(29)22(19)21/h5-9,21H,10-11,27H2,1-4H3. The highest BCUT2D eigenvalue weighted by Gasteiger charge is 2.45. The van der Waals surface area contributed by atoms with Gasteiger partial charge in [-0.05, 0) is 49.4 Å². The molecule has 0 bridgehead atoms.